The fourth-order valence-electron chi connectivity index (χ4n) is 1.73. The Bertz CT molecular complexity index is 504. The predicted octanol–water partition coefficient (Wildman–Crippen LogP) is 2.98. The number of fused-ring (bicyclic) bond motifs is 1. The van der Waals surface area contributed by atoms with Crippen molar-refractivity contribution in [1.82, 2.24) is 0 Å². The molecule has 0 aliphatic carbocycles. The molecule has 0 heterocycles. The molecule has 2 rings (SSSR count). The highest BCUT2D eigenvalue weighted by Crippen LogP contribution is 2.19. The van der Waals surface area contributed by atoms with Gasteiger partial charge in [0.15, 0.2) is 0 Å². The molecule has 0 bridgehead atoms. The Kier molecular flexibility index (Phi) is 6.47. The molecule has 0 atom stereocenters. The van der Waals surface area contributed by atoms with Gasteiger partial charge < -0.3 is 11.5 Å². The Morgan fingerprint density at radius 1 is 1.00 bits per heavy atom. The molecule has 0 saturated carbocycles. The molecule has 4 N–H and O–H groups in total. The third kappa shape index (κ3) is 3.55. The fraction of sp³-hybridized carbons (Fsp3) is 0.0769. The van der Waals surface area contributed by atoms with Crippen LogP contribution in [0.25, 0.3) is 10.8 Å². The summed E-state index contributed by atoms with van der Waals surface area (Å²) in [6.07, 6.45) is 2.17. The Balaban J connectivity index is 0.00000128. The molecule has 0 spiro atoms. The summed E-state index contributed by atoms with van der Waals surface area (Å²) in [5.74, 6) is 0. The molecule has 2 aromatic carbocycles. The van der Waals surface area contributed by atoms with Crippen molar-refractivity contribution in [3.63, 3.8) is 0 Å². The standard InChI is InChI=1S/C13H14N2.2ClH/c14-9-12(15)8-11-6-3-5-10-4-1-2-7-13(10)11;;/h1-7,9H,8,14-15H2;2*1H/b12-9+;;. The molecule has 0 aliphatic rings. The van der Waals surface area contributed by atoms with Gasteiger partial charge in [-0.2, -0.15) is 0 Å². The van der Waals surface area contributed by atoms with E-state index in [9.17, 15) is 0 Å². The highest BCUT2D eigenvalue weighted by Gasteiger charge is 2.00. The van der Waals surface area contributed by atoms with Crippen molar-refractivity contribution in [2.24, 2.45) is 11.5 Å². The fourth-order valence-corrected chi connectivity index (χ4v) is 1.73. The van der Waals surface area contributed by atoms with E-state index in [1.54, 1.807) is 0 Å². The smallest absolute Gasteiger partial charge is 0.0283 e. The lowest BCUT2D eigenvalue weighted by Crippen LogP contribution is -2.04. The van der Waals surface area contributed by atoms with Gasteiger partial charge in [0.05, 0.1) is 0 Å². The zero-order chi connectivity index (χ0) is 10.7. The van der Waals surface area contributed by atoms with Gasteiger partial charge in [-0.15, -0.1) is 24.8 Å². The normalized spacial score (nSPS) is 10.5. The molecule has 0 saturated heterocycles. The summed E-state index contributed by atoms with van der Waals surface area (Å²) in [7, 11) is 0. The minimum atomic E-state index is 0. The van der Waals surface area contributed by atoms with E-state index in [1.807, 2.05) is 18.2 Å². The van der Waals surface area contributed by atoms with Gasteiger partial charge in [0.2, 0.25) is 0 Å². The quantitative estimate of drug-likeness (QED) is 0.882. The van der Waals surface area contributed by atoms with Crippen molar-refractivity contribution in [1.29, 1.82) is 0 Å². The second-order valence-corrected chi connectivity index (χ2v) is 3.56. The van der Waals surface area contributed by atoms with Gasteiger partial charge in [0.1, 0.15) is 0 Å². The number of rotatable bonds is 2. The maximum atomic E-state index is 5.73. The first-order valence-corrected chi connectivity index (χ1v) is 4.94. The molecule has 0 aromatic heterocycles. The summed E-state index contributed by atoms with van der Waals surface area (Å²) in [6, 6.07) is 14.5. The lowest BCUT2D eigenvalue weighted by atomic mass is 10.0. The molecular formula is C13H16Cl2N2. The van der Waals surface area contributed by atoms with Crippen molar-refractivity contribution in [3.05, 3.63) is 59.9 Å². The van der Waals surface area contributed by atoms with Crippen LogP contribution in [-0.2, 0) is 6.42 Å². The van der Waals surface area contributed by atoms with Crippen LogP contribution in [0.2, 0.25) is 0 Å². The van der Waals surface area contributed by atoms with Crippen LogP contribution in [0.5, 0.6) is 0 Å². The first-order valence-electron chi connectivity index (χ1n) is 4.94. The van der Waals surface area contributed by atoms with E-state index in [1.165, 1.54) is 22.5 Å². The Morgan fingerprint density at radius 2 is 1.65 bits per heavy atom. The Labute approximate surface area is 114 Å². The van der Waals surface area contributed by atoms with Crippen LogP contribution in [0.4, 0.5) is 0 Å². The predicted molar refractivity (Wildman–Crippen MR) is 78.6 cm³/mol. The second kappa shape index (κ2) is 7.05. The van der Waals surface area contributed by atoms with Gasteiger partial charge in [-0.25, -0.2) is 0 Å². The van der Waals surface area contributed by atoms with Gasteiger partial charge in [-0.05, 0) is 16.3 Å². The molecule has 0 unspecified atom stereocenters. The molecule has 0 aliphatic heterocycles. The molecule has 0 fully saturated rings. The average molecular weight is 271 g/mol. The van der Waals surface area contributed by atoms with Crippen LogP contribution in [0, 0.1) is 0 Å². The Morgan fingerprint density at radius 3 is 2.35 bits per heavy atom. The summed E-state index contributed by atoms with van der Waals surface area (Å²) in [4.78, 5) is 0. The highest BCUT2D eigenvalue weighted by molar-refractivity contribution is 5.86. The summed E-state index contributed by atoms with van der Waals surface area (Å²) in [5.41, 5.74) is 13.0. The third-order valence-electron chi connectivity index (χ3n) is 2.49. The zero-order valence-corrected chi connectivity index (χ0v) is 10.9. The first kappa shape index (κ1) is 15.6. The number of hydrogen-bond acceptors (Lipinski definition) is 2. The summed E-state index contributed by atoms with van der Waals surface area (Å²) in [5, 5.41) is 2.48. The van der Waals surface area contributed by atoms with E-state index in [0.29, 0.717) is 12.1 Å². The van der Waals surface area contributed by atoms with E-state index in [2.05, 4.69) is 24.3 Å². The number of nitrogens with two attached hydrogens (primary N) is 2. The summed E-state index contributed by atoms with van der Waals surface area (Å²) < 4.78 is 0. The summed E-state index contributed by atoms with van der Waals surface area (Å²) in [6.45, 7) is 0. The van der Waals surface area contributed by atoms with Gasteiger partial charge >= 0.3 is 0 Å². The number of benzene rings is 2. The van der Waals surface area contributed by atoms with Gasteiger partial charge in [0.25, 0.3) is 0 Å². The van der Waals surface area contributed by atoms with Crippen LogP contribution < -0.4 is 11.5 Å². The number of halogens is 2. The Hall–Kier alpha value is -1.38. The lowest BCUT2D eigenvalue weighted by molar-refractivity contribution is 1.11. The van der Waals surface area contributed by atoms with E-state index < -0.39 is 0 Å². The molecule has 0 amide bonds. The van der Waals surface area contributed by atoms with Crippen molar-refractivity contribution < 1.29 is 0 Å². The third-order valence-corrected chi connectivity index (χ3v) is 2.49. The van der Waals surface area contributed by atoms with E-state index >= 15 is 0 Å². The van der Waals surface area contributed by atoms with Gasteiger partial charge in [-0.3, -0.25) is 0 Å². The molecule has 2 nitrogen and oxygen atoms in total. The van der Waals surface area contributed by atoms with Crippen molar-refractivity contribution in [3.8, 4) is 0 Å². The van der Waals surface area contributed by atoms with Crippen LogP contribution >= 0.6 is 24.8 Å². The van der Waals surface area contributed by atoms with Crippen molar-refractivity contribution in [2.45, 2.75) is 6.42 Å². The average Bonchev–Trinajstić information content (AvgIpc) is 2.29. The van der Waals surface area contributed by atoms with E-state index in [0.717, 1.165) is 0 Å². The molecule has 4 heteroatoms. The van der Waals surface area contributed by atoms with Crippen LogP contribution in [0.3, 0.4) is 0 Å². The van der Waals surface area contributed by atoms with Crippen molar-refractivity contribution in [2.75, 3.05) is 0 Å². The van der Waals surface area contributed by atoms with E-state index in [-0.39, 0.29) is 24.8 Å². The van der Waals surface area contributed by atoms with Gasteiger partial charge in [0, 0.05) is 18.3 Å². The zero-order valence-electron chi connectivity index (χ0n) is 9.30. The van der Waals surface area contributed by atoms with Crippen molar-refractivity contribution >= 4 is 35.6 Å². The monoisotopic (exact) mass is 270 g/mol. The summed E-state index contributed by atoms with van der Waals surface area (Å²) >= 11 is 0. The maximum Gasteiger partial charge on any atom is 0.0283 e. The van der Waals surface area contributed by atoms with Crippen LogP contribution in [0.15, 0.2) is 54.4 Å². The minimum Gasteiger partial charge on any atom is -0.403 e. The lowest BCUT2D eigenvalue weighted by Gasteiger charge is -2.06. The number of allylic oxidation sites excluding steroid dienone is 1. The molecule has 17 heavy (non-hydrogen) atoms. The second-order valence-electron chi connectivity index (χ2n) is 3.56. The molecular weight excluding hydrogens is 255 g/mol. The van der Waals surface area contributed by atoms with E-state index in [4.69, 9.17) is 11.5 Å². The van der Waals surface area contributed by atoms with Crippen LogP contribution in [-0.4, -0.2) is 0 Å². The minimum absolute atomic E-state index is 0. The highest BCUT2D eigenvalue weighted by atomic mass is 35.5. The molecule has 0 radical (unpaired) electrons. The topological polar surface area (TPSA) is 52.0 Å². The molecule has 2 aromatic rings. The number of hydrogen-bond donors (Lipinski definition) is 2. The molecule has 92 valence electrons. The van der Waals surface area contributed by atoms with Gasteiger partial charge in [-0.1, -0.05) is 42.5 Å². The van der Waals surface area contributed by atoms with Crippen LogP contribution in [0.1, 0.15) is 5.56 Å². The SMILES string of the molecule is Cl.Cl.N/C=C(/N)Cc1cccc2ccccc12. The maximum absolute atomic E-state index is 5.73. The first-order chi connectivity index (χ1) is 7.31. The largest absolute Gasteiger partial charge is 0.403 e.